The van der Waals surface area contributed by atoms with Gasteiger partial charge in [-0.25, -0.2) is 9.97 Å². The van der Waals surface area contributed by atoms with Crippen LogP contribution in [0.25, 0.3) is 0 Å². The number of carbonyl (C=O) groups excluding carboxylic acids is 1. The molecular formula is C17H20F3N5O2. The number of aryl methyl sites for hydroxylation is 1. The molecule has 0 radical (unpaired) electrons. The second-order valence-corrected chi connectivity index (χ2v) is 6.36. The van der Waals surface area contributed by atoms with Crippen molar-refractivity contribution in [2.75, 3.05) is 24.6 Å². The van der Waals surface area contributed by atoms with Crippen molar-refractivity contribution in [3.05, 3.63) is 36.3 Å². The van der Waals surface area contributed by atoms with Crippen LogP contribution in [0.4, 0.5) is 19.1 Å². The van der Waals surface area contributed by atoms with E-state index in [4.69, 9.17) is 0 Å². The molecule has 3 rings (SSSR count). The Morgan fingerprint density at radius 1 is 1.30 bits per heavy atom. The summed E-state index contributed by atoms with van der Waals surface area (Å²) < 4.78 is 43.2. The van der Waals surface area contributed by atoms with Gasteiger partial charge in [-0.1, -0.05) is 0 Å². The topological polar surface area (TPSA) is 72.3 Å². The number of alkyl halides is 3. The fourth-order valence-corrected chi connectivity index (χ4v) is 2.94. The SMILES string of the molecule is Cn1ccnc1N1CCC(NC(=O)c2ccnc(OCC(F)(F)F)c2)CC1. The van der Waals surface area contributed by atoms with E-state index in [-0.39, 0.29) is 23.4 Å². The average Bonchev–Trinajstić information content (AvgIpc) is 3.06. The lowest BCUT2D eigenvalue weighted by Gasteiger charge is -2.33. The summed E-state index contributed by atoms with van der Waals surface area (Å²) in [4.78, 5) is 22.6. The van der Waals surface area contributed by atoms with Gasteiger partial charge in [-0.05, 0) is 18.9 Å². The number of ether oxygens (including phenoxy) is 1. The van der Waals surface area contributed by atoms with Gasteiger partial charge in [-0.3, -0.25) is 4.79 Å². The highest BCUT2D eigenvalue weighted by molar-refractivity contribution is 5.94. The highest BCUT2D eigenvalue weighted by Gasteiger charge is 2.29. The molecule has 1 saturated heterocycles. The predicted molar refractivity (Wildman–Crippen MR) is 91.7 cm³/mol. The van der Waals surface area contributed by atoms with Crippen LogP contribution in [0.15, 0.2) is 30.7 Å². The molecule has 3 heterocycles. The van der Waals surface area contributed by atoms with Crippen LogP contribution in [-0.2, 0) is 7.05 Å². The van der Waals surface area contributed by atoms with E-state index in [2.05, 4.69) is 24.9 Å². The van der Waals surface area contributed by atoms with E-state index < -0.39 is 12.8 Å². The third-order valence-electron chi connectivity index (χ3n) is 4.29. The van der Waals surface area contributed by atoms with Crippen LogP contribution in [-0.4, -0.2) is 52.4 Å². The van der Waals surface area contributed by atoms with E-state index in [0.717, 1.165) is 31.9 Å². The number of anilines is 1. The molecule has 2 aromatic heterocycles. The highest BCUT2D eigenvalue weighted by atomic mass is 19.4. The Hall–Kier alpha value is -2.78. The van der Waals surface area contributed by atoms with Crippen LogP contribution in [0, 0.1) is 0 Å². The van der Waals surface area contributed by atoms with Crippen LogP contribution in [0.3, 0.4) is 0 Å². The lowest BCUT2D eigenvalue weighted by molar-refractivity contribution is -0.154. The van der Waals surface area contributed by atoms with E-state index in [0.29, 0.717) is 0 Å². The van der Waals surface area contributed by atoms with E-state index in [1.165, 1.54) is 18.3 Å². The number of nitrogens with one attached hydrogen (secondary N) is 1. The van der Waals surface area contributed by atoms with Gasteiger partial charge in [0.05, 0.1) is 0 Å². The summed E-state index contributed by atoms with van der Waals surface area (Å²) in [5.74, 6) is 0.301. The van der Waals surface area contributed by atoms with Gasteiger partial charge in [0, 0.05) is 56.4 Å². The fourth-order valence-electron chi connectivity index (χ4n) is 2.94. The van der Waals surface area contributed by atoms with Gasteiger partial charge in [-0.15, -0.1) is 0 Å². The Kier molecular flexibility index (Phi) is 5.52. The maximum atomic E-state index is 12.4. The van der Waals surface area contributed by atoms with E-state index in [9.17, 15) is 18.0 Å². The molecule has 7 nitrogen and oxygen atoms in total. The number of aromatic nitrogens is 3. The molecule has 0 aliphatic carbocycles. The van der Waals surface area contributed by atoms with Gasteiger partial charge in [-0.2, -0.15) is 13.2 Å². The largest absolute Gasteiger partial charge is 0.468 e. The first-order chi connectivity index (χ1) is 12.8. The minimum atomic E-state index is -4.46. The molecule has 1 aliphatic rings. The maximum absolute atomic E-state index is 12.4. The average molecular weight is 383 g/mol. The molecule has 0 bridgehead atoms. The number of rotatable bonds is 5. The normalized spacial score (nSPS) is 15.6. The Balaban J connectivity index is 1.53. The molecule has 0 unspecified atom stereocenters. The third kappa shape index (κ3) is 5.11. The van der Waals surface area contributed by atoms with Crippen molar-refractivity contribution in [1.82, 2.24) is 19.9 Å². The second-order valence-electron chi connectivity index (χ2n) is 6.36. The Morgan fingerprint density at radius 3 is 2.67 bits per heavy atom. The number of nitrogens with zero attached hydrogens (tertiary/aromatic N) is 4. The molecule has 146 valence electrons. The van der Waals surface area contributed by atoms with Crippen LogP contribution in [0.1, 0.15) is 23.2 Å². The molecule has 1 N–H and O–H groups in total. The Morgan fingerprint density at radius 2 is 2.04 bits per heavy atom. The molecule has 1 aliphatic heterocycles. The summed E-state index contributed by atoms with van der Waals surface area (Å²) in [5.41, 5.74) is 0.216. The smallest absolute Gasteiger partial charge is 0.422 e. The predicted octanol–water partition coefficient (Wildman–Crippen LogP) is 2.16. The zero-order chi connectivity index (χ0) is 19.4. The van der Waals surface area contributed by atoms with E-state index >= 15 is 0 Å². The minimum absolute atomic E-state index is 0.0123. The van der Waals surface area contributed by atoms with Gasteiger partial charge in [0.25, 0.3) is 5.91 Å². The lowest BCUT2D eigenvalue weighted by atomic mass is 10.0. The number of amides is 1. The van der Waals surface area contributed by atoms with Crippen molar-refractivity contribution >= 4 is 11.9 Å². The standard InChI is InChI=1S/C17H20F3N5O2/c1-24-9-6-22-16(24)25-7-3-13(4-8-25)23-15(26)12-2-5-21-14(10-12)27-11-17(18,19)20/h2,5-6,9-10,13H,3-4,7-8,11H2,1H3,(H,23,26). The summed E-state index contributed by atoms with van der Waals surface area (Å²) in [5, 5.41) is 2.92. The quantitative estimate of drug-likeness (QED) is 0.857. The summed E-state index contributed by atoms with van der Waals surface area (Å²) >= 11 is 0. The van der Waals surface area contributed by atoms with Gasteiger partial charge in [0.2, 0.25) is 11.8 Å². The fraction of sp³-hybridized carbons (Fsp3) is 0.471. The zero-order valence-corrected chi connectivity index (χ0v) is 14.7. The molecule has 0 aromatic carbocycles. The highest BCUT2D eigenvalue weighted by Crippen LogP contribution is 2.19. The first-order valence-corrected chi connectivity index (χ1v) is 8.50. The van der Waals surface area contributed by atoms with Crippen molar-refractivity contribution in [3.8, 4) is 5.88 Å². The number of pyridine rings is 1. The molecule has 0 saturated carbocycles. The van der Waals surface area contributed by atoms with Gasteiger partial charge < -0.3 is 19.5 Å². The summed E-state index contributed by atoms with van der Waals surface area (Å²) in [6.45, 7) is 0.0644. The number of hydrogen-bond donors (Lipinski definition) is 1. The number of imidazole rings is 1. The lowest BCUT2D eigenvalue weighted by Crippen LogP contribution is -2.45. The summed E-state index contributed by atoms with van der Waals surface area (Å²) in [6.07, 6.45) is 1.92. The Labute approximate surface area is 154 Å². The third-order valence-corrected chi connectivity index (χ3v) is 4.29. The van der Waals surface area contributed by atoms with Gasteiger partial charge >= 0.3 is 6.18 Å². The van der Waals surface area contributed by atoms with Crippen molar-refractivity contribution in [1.29, 1.82) is 0 Å². The molecule has 2 aromatic rings. The first-order valence-electron chi connectivity index (χ1n) is 8.50. The molecular weight excluding hydrogens is 363 g/mol. The van der Waals surface area contributed by atoms with Crippen LogP contribution >= 0.6 is 0 Å². The minimum Gasteiger partial charge on any atom is -0.468 e. The number of hydrogen-bond acceptors (Lipinski definition) is 5. The van der Waals surface area contributed by atoms with Gasteiger partial charge in [0.1, 0.15) is 0 Å². The number of carbonyl (C=O) groups is 1. The molecule has 10 heteroatoms. The van der Waals surface area contributed by atoms with Crippen molar-refractivity contribution < 1.29 is 22.7 Å². The summed E-state index contributed by atoms with van der Waals surface area (Å²) in [7, 11) is 1.93. The Bertz CT molecular complexity index is 785. The number of halogens is 3. The van der Waals surface area contributed by atoms with Crippen molar-refractivity contribution in [2.45, 2.75) is 25.1 Å². The molecule has 0 atom stereocenters. The second kappa shape index (κ2) is 7.85. The molecule has 27 heavy (non-hydrogen) atoms. The van der Waals surface area contributed by atoms with Crippen molar-refractivity contribution in [3.63, 3.8) is 0 Å². The summed E-state index contributed by atoms with van der Waals surface area (Å²) in [6, 6.07) is 2.64. The molecule has 0 spiro atoms. The van der Waals surface area contributed by atoms with Crippen LogP contribution in [0.2, 0.25) is 0 Å². The zero-order valence-electron chi connectivity index (χ0n) is 14.7. The van der Waals surface area contributed by atoms with Crippen LogP contribution in [0.5, 0.6) is 5.88 Å². The molecule has 1 fully saturated rings. The van der Waals surface area contributed by atoms with E-state index in [1.807, 2.05) is 17.8 Å². The van der Waals surface area contributed by atoms with E-state index in [1.54, 1.807) is 6.20 Å². The van der Waals surface area contributed by atoms with Crippen LogP contribution < -0.4 is 15.0 Å². The van der Waals surface area contributed by atoms with Gasteiger partial charge in [0.15, 0.2) is 6.61 Å². The number of piperidine rings is 1. The first kappa shape index (κ1) is 19.0. The monoisotopic (exact) mass is 383 g/mol. The molecule has 1 amide bonds. The van der Waals surface area contributed by atoms with Crippen molar-refractivity contribution in [2.24, 2.45) is 7.05 Å². The maximum Gasteiger partial charge on any atom is 0.422 e.